The second-order valence-electron chi connectivity index (χ2n) is 5.27. The second kappa shape index (κ2) is 6.91. The van der Waals surface area contributed by atoms with Crippen LogP contribution in [0.4, 0.5) is 5.69 Å². The third-order valence-electron chi connectivity index (χ3n) is 3.14. The fourth-order valence-corrected chi connectivity index (χ4v) is 3.48. The van der Waals surface area contributed by atoms with E-state index in [0.717, 1.165) is 12.8 Å². The van der Waals surface area contributed by atoms with Crippen LogP contribution in [0.3, 0.4) is 0 Å². The highest BCUT2D eigenvalue weighted by Gasteiger charge is 2.16. The summed E-state index contributed by atoms with van der Waals surface area (Å²) in [5, 5.41) is 0. The molecule has 0 amide bonds. The average Bonchev–Trinajstić information content (AvgIpc) is 2.26. The Kier molecular flexibility index (Phi) is 5.82. The van der Waals surface area contributed by atoms with Crippen molar-refractivity contribution >= 4 is 15.7 Å². The molecule has 2 atom stereocenters. The Bertz CT molecular complexity index is 500. The van der Waals surface area contributed by atoms with Crippen LogP contribution in [0.1, 0.15) is 39.2 Å². The molecule has 0 radical (unpaired) electrons. The highest BCUT2D eigenvalue weighted by atomic mass is 32.2. The van der Waals surface area contributed by atoms with Gasteiger partial charge in [-0.1, -0.05) is 32.4 Å². The summed E-state index contributed by atoms with van der Waals surface area (Å²) in [6.45, 7) is 6.14. The summed E-state index contributed by atoms with van der Waals surface area (Å²) in [6.07, 6.45) is 1.91. The molecule has 4 nitrogen and oxygen atoms in total. The highest BCUT2D eigenvalue weighted by molar-refractivity contribution is 7.88. The number of nitrogen functional groups attached to an aromatic ring is 1. The zero-order chi connectivity index (χ0) is 14.5. The molecule has 5 heteroatoms. The number of rotatable bonds is 7. The van der Waals surface area contributed by atoms with E-state index in [1.165, 1.54) is 0 Å². The Balaban J connectivity index is 2.61. The van der Waals surface area contributed by atoms with Crippen LogP contribution in [0, 0.1) is 5.92 Å². The van der Waals surface area contributed by atoms with Gasteiger partial charge in [0.2, 0.25) is 10.0 Å². The molecule has 0 heterocycles. The molecule has 3 N–H and O–H groups in total. The van der Waals surface area contributed by atoms with E-state index in [4.69, 9.17) is 5.73 Å². The molecule has 0 aromatic heterocycles. The van der Waals surface area contributed by atoms with Crippen LogP contribution >= 0.6 is 0 Å². The smallest absolute Gasteiger partial charge is 0.216 e. The Hall–Kier alpha value is -1.07. The van der Waals surface area contributed by atoms with Crippen molar-refractivity contribution in [1.29, 1.82) is 0 Å². The van der Waals surface area contributed by atoms with Crippen molar-refractivity contribution in [3.8, 4) is 0 Å². The van der Waals surface area contributed by atoms with Crippen LogP contribution in [0.15, 0.2) is 24.3 Å². The van der Waals surface area contributed by atoms with Gasteiger partial charge in [-0.25, -0.2) is 13.1 Å². The lowest BCUT2D eigenvalue weighted by Gasteiger charge is -2.17. The fourth-order valence-electron chi connectivity index (χ4n) is 2.07. The number of nitrogens with one attached hydrogen (secondary N) is 1. The Morgan fingerprint density at radius 2 is 2.00 bits per heavy atom. The monoisotopic (exact) mass is 284 g/mol. The molecule has 0 bridgehead atoms. The van der Waals surface area contributed by atoms with E-state index in [1.807, 2.05) is 6.92 Å². The minimum Gasteiger partial charge on any atom is -0.399 e. The molecular weight excluding hydrogens is 260 g/mol. The predicted molar refractivity (Wildman–Crippen MR) is 80.1 cm³/mol. The maximum atomic E-state index is 12.0. The lowest BCUT2D eigenvalue weighted by atomic mass is 10.0. The van der Waals surface area contributed by atoms with Crippen LogP contribution in [-0.2, 0) is 15.8 Å². The Labute approximate surface area is 116 Å². The molecule has 0 saturated heterocycles. The summed E-state index contributed by atoms with van der Waals surface area (Å²) < 4.78 is 26.8. The SMILES string of the molecule is CCC(C)CC(C)NS(=O)(=O)Cc1cccc(N)c1. The first-order valence-corrected chi connectivity index (χ1v) is 8.32. The van der Waals surface area contributed by atoms with Gasteiger partial charge in [-0.15, -0.1) is 0 Å². The summed E-state index contributed by atoms with van der Waals surface area (Å²) in [4.78, 5) is 0. The summed E-state index contributed by atoms with van der Waals surface area (Å²) in [5.74, 6) is 0.494. The zero-order valence-electron chi connectivity index (χ0n) is 11.9. The van der Waals surface area contributed by atoms with Crippen LogP contribution in [0.25, 0.3) is 0 Å². The van der Waals surface area contributed by atoms with Gasteiger partial charge in [-0.3, -0.25) is 0 Å². The standard InChI is InChI=1S/C14H24N2O2S/c1-4-11(2)8-12(3)16-19(17,18)10-13-6-5-7-14(15)9-13/h5-7,9,11-12,16H,4,8,10,15H2,1-3H3. The molecule has 19 heavy (non-hydrogen) atoms. The van der Waals surface area contributed by atoms with E-state index in [-0.39, 0.29) is 11.8 Å². The fraction of sp³-hybridized carbons (Fsp3) is 0.571. The molecule has 0 fully saturated rings. The van der Waals surface area contributed by atoms with Crippen LogP contribution in [0.5, 0.6) is 0 Å². The van der Waals surface area contributed by atoms with Gasteiger partial charge >= 0.3 is 0 Å². The number of hydrogen-bond acceptors (Lipinski definition) is 3. The van der Waals surface area contributed by atoms with Gasteiger partial charge in [0.05, 0.1) is 5.75 Å². The summed E-state index contributed by atoms with van der Waals surface area (Å²) in [6, 6.07) is 6.94. The predicted octanol–water partition coefficient (Wildman–Crippen LogP) is 2.51. The van der Waals surface area contributed by atoms with Crippen LogP contribution < -0.4 is 10.5 Å². The molecular formula is C14H24N2O2S. The van der Waals surface area contributed by atoms with Crippen molar-refractivity contribution in [1.82, 2.24) is 4.72 Å². The molecule has 0 saturated carbocycles. The molecule has 0 aliphatic heterocycles. The summed E-state index contributed by atoms with van der Waals surface area (Å²) >= 11 is 0. The highest BCUT2D eigenvalue weighted by Crippen LogP contribution is 2.13. The number of hydrogen-bond donors (Lipinski definition) is 2. The van der Waals surface area contributed by atoms with Crippen molar-refractivity contribution in [3.05, 3.63) is 29.8 Å². The molecule has 1 rings (SSSR count). The molecule has 2 unspecified atom stereocenters. The van der Waals surface area contributed by atoms with Gasteiger partial charge in [-0.05, 0) is 37.0 Å². The van der Waals surface area contributed by atoms with E-state index in [1.54, 1.807) is 24.3 Å². The quantitative estimate of drug-likeness (QED) is 0.756. The average molecular weight is 284 g/mol. The van der Waals surface area contributed by atoms with Crippen molar-refractivity contribution in [3.63, 3.8) is 0 Å². The normalized spacial score (nSPS) is 15.1. The first kappa shape index (κ1) is 16.0. The van der Waals surface area contributed by atoms with E-state index in [2.05, 4.69) is 18.6 Å². The van der Waals surface area contributed by atoms with Gasteiger partial charge in [0.15, 0.2) is 0 Å². The molecule has 1 aromatic rings. The van der Waals surface area contributed by atoms with Gasteiger partial charge in [-0.2, -0.15) is 0 Å². The summed E-state index contributed by atoms with van der Waals surface area (Å²) in [5.41, 5.74) is 6.94. The molecule has 108 valence electrons. The maximum Gasteiger partial charge on any atom is 0.216 e. The lowest BCUT2D eigenvalue weighted by Crippen LogP contribution is -2.34. The third-order valence-corrected chi connectivity index (χ3v) is 4.62. The second-order valence-corrected chi connectivity index (χ2v) is 7.03. The van der Waals surface area contributed by atoms with Gasteiger partial charge in [0, 0.05) is 11.7 Å². The van der Waals surface area contributed by atoms with Gasteiger partial charge < -0.3 is 5.73 Å². The first-order valence-electron chi connectivity index (χ1n) is 6.66. The number of benzene rings is 1. The molecule has 0 aliphatic rings. The lowest BCUT2D eigenvalue weighted by molar-refractivity contribution is 0.445. The van der Waals surface area contributed by atoms with Crippen molar-refractivity contribution in [2.75, 3.05) is 5.73 Å². The van der Waals surface area contributed by atoms with Crippen molar-refractivity contribution < 1.29 is 8.42 Å². The topological polar surface area (TPSA) is 72.2 Å². The zero-order valence-corrected chi connectivity index (χ0v) is 12.7. The summed E-state index contributed by atoms with van der Waals surface area (Å²) in [7, 11) is -3.31. The minimum absolute atomic E-state index is 0.0249. The van der Waals surface area contributed by atoms with E-state index in [0.29, 0.717) is 17.2 Å². The van der Waals surface area contributed by atoms with Crippen molar-refractivity contribution in [2.24, 2.45) is 5.92 Å². The first-order chi connectivity index (χ1) is 8.82. The minimum atomic E-state index is -3.31. The third kappa shape index (κ3) is 6.07. The maximum absolute atomic E-state index is 12.0. The number of anilines is 1. The van der Waals surface area contributed by atoms with Crippen LogP contribution in [-0.4, -0.2) is 14.5 Å². The largest absolute Gasteiger partial charge is 0.399 e. The van der Waals surface area contributed by atoms with E-state index in [9.17, 15) is 8.42 Å². The Morgan fingerprint density at radius 3 is 2.58 bits per heavy atom. The van der Waals surface area contributed by atoms with Gasteiger partial charge in [0.25, 0.3) is 0 Å². The Morgan fingerprint density at radius 1 is 1.32 bits per heavy atom. The van der Waals surface area contributed by atoms with E-state index >= 15 is 0 Å². The number of nitrogens with two attached hydrogens (primary N) is 1. The van der Waals surface area contributed by atoms with Crippen molar-refractivity contribution in [2.45, 2.75) is 45.4 Å². The molecule has 1 aromatic carbocycles. The van der Waals surface area contributed by atoms with E-state index < -0.39 is 10.0 Å². The molecule has 0 spiro atoms. The molecule has 0 aliphatic carbocycles. The van der Waals surface area contributed by atoms with Gasteiger partial charge in [0.1, 0.15) is 0 Å². The van der Waals surface area contributed by atoms with Crippen LogP contribution in [0.2, 0.25) is 0 Å². The number of sulfonamides is 1.